The van der Waals surface area contributed by atoms with Crippen molar-refractivity contribution in [1.82, 2.24) is 0 Å². The first kappa shape index (κ1) is 12.9. The lowest BCUT2D eigenvalue weighted by molar-refractivity contribution is 0.174. The first-order valence-electron chi connectivity index (χ1n) is 6.89. The molecule has 19 heavy (non-hydrogen) atoms. The van der Waals surface area contributed by atoms with Crippen LogP contribution in [0.3, 0.4) is 0 Å². The zero-order chi connectivity index (χ0) is 13.5. The van der Waals surface area contributed by atoms with Crippen molar-refractivity contribution in [3.05, 3.63) is 17.2 Å². The second-order valence-electron chi connectivity index (χ2n) is 6.27. The van der Waals surface area contributed by atoms with Crippen LogP contribution >= 0.6 is 11.6 Å². The third-order valence-electron chi connectivity index (χ3n) is 4.16. The van der Waals surface area contributed by atoms with Crippen LogP contribution in [0.1, 0.15) is 39.5 Å². The standard InChI is InChI=1S/C15H20ClNO2/c1-15(2)5-3-10(4-6-15)17-12-8-14-13(7-11(12)16)18-9-19-14/h7-8,10,17H,3-6,9H2,1-2H3. The molecule has 104 valence electrons. The van der Waals surface area contributed by atoms with Gasteiger partial charge >= 0.3 is 0 Å². The SMILES string of the molecule is CC1(C)CCC(Nc2cc3c(cc2Cl)OCO3)CC1. The van der Waals surface area contributed by atoms with E-state index in [1.807, 2.05) is 12.1 Å². The Morgan fingerprint density at radius 1 is 1.16 bits per heavy atom. The van der Waals surface area contributed by atoms with Crippen molar-refractivity contribution in [1.29, 1.82) is 0 Å². The summed E-state index contributed by atoms with van der Waals surface area (Å²) in [7, 11) is 0. The summed E-state index contributed by atoms with van der Waals surface area (Å²) in [6.45, 7) is 4.97. The molecule has 0 amide bonds. The molecule has 0 spiro atoms. The topological polar surface area (TPSA) is 30.5 Å². The number of fused-ring (bicyclic) bond motifs is 1. The van der Waals surface area contributed by atoms with Crippen molar-refractivity contribution in [3.8, 4) is 11.5 Å². The molecule has 1 aromatic carbocycles. The molecule has 1 aliphatic carbocycles. The van der Waals surface area contributed by atoms with Crippen LogP contribution in [-0.2, 0) is 0 Å². The van der Waals surface area contributed by atoms with Crippen molar-refractivity contribution in [2.75, 3.05) is 12.1 Å². The van der Waals surface area contributed by atoms with Crippen molar-refractivity contribution < 1.29 is 9.47 Å². The molecule has 0 radical (unpaired) electrons. The van der Waals surface area contributed by atoms with Gasteiger partial charge in [0.05, 0.1) is 10.7 Å². The van der Waals surface area contributed by atoms with Gasteiger partial charge in [-0.25, -0.2) is 0 Å². The number of anilines is 1. The highest BCUT2D eigenvalue weighted by atomic mass is 35.5. The monoisotopic (exact) mass is 281 g/mol. The van der Waals surface area contributed by atoms with Crippen LogP contribution in [0.15, 0.2) is 12.1 Å². The van der Waals surface area contributed by atoms with E-state index in [1.165, 1.54) is 25.7 Å². The number of ether oxygens (including phenoxy) is 2. The van der Waals surface area contributed by atoms with Crippen molar-refractivity contribution in [3.63, 3.8) is 0 Å². The molecule has 1 heterocycles. The Morgan fingerprint density at radius 2 is 1.79 bits per heavy atom. The Hall–Kier alpha value is -1.09. The van der Waals surface area contributed by atoms with Gasteiger partial charge in [0.2, 0.25) is 6.79 Å². The highest BCUT2D eigenvalue weighted by Gasteiger charge is 2.27. The number of benzene rings is 1. The summed E-state index contributed by atoms with van der Waals surface area (Å²) >= 11 is 6.29. The molecule has 1 N–H and O–H groups in total. The second kappa shape index (κ2) is 4.78. The van der Waals surface area contributed by atoms with Crippen LogP contribution in [0.5, 0.6) is 11.5 Å². The van der Waals surface area contributed by atoms with Crippen LogP contribution in [0.2, 0.25) is 5.02 Å². The highest BCUT2D eigenvalue weighted by Crippen LogP contribution is 2.41. The smallest absolute Gasteiger partial charge is 0.231 e. The fourth-order valence-electron chi connectivity index (χ4n) is 2.79. The van der Waals surface area contributed by atoms with E-state index in [1.54, 1.807) is 0 Å². The summed E-state index contributed by atoms with van der Waals surface area (Å²) in [6.07, 6.45) is 4.90. The largest absolute Gasteiger partial charge is 0.454 e. The highest BCUT2D eigenvalue weighted by molar-refractivity contribution is 6.33. The lowest BCUT2D eigenvalue weighted by Crippen LogP contribution is -2.29. The van der Waals surface area contributed by atoms with Gasteiger partial charge in [-0.05, 0) is 31.1 Å². The van der Waals surface area contributed by atoms with Gasteiger partial charge in [-0.15, -0.1) is 0 Å². The molecule has 0 saturated heterocycles. The van der Waals surface area contributed by atoms with Crippen LogP contribution in [0.4, 0.5) is 5.69 Å². The van der Waals surface area contributed by atoms with E-state index in [2.05, 4.69) is 19.2 Å². The third kappa shape index (κ3) is 2.76. The van der Waals surface area contributed by atoms with E-state index in [9.17, 15) is 0 Å². The van der Waals surface area contributed by atoms with Gasteiger partial charge in [0.15, 0.2) is 11.5 Å². The Kier molecular flexibility index (Phi) is 3.25. The summed E-state index contributed by atoms with van der Waals surface area (Å²) in [5.41, 5.74) is 1.44. The van der Waals surface area contributed by atoms with Gasteiger partial charge in [-0.3, -0.25) is 0 Å². The number of nitrogens with one attached hydrogen (secondary N) is 1. The van der Waals surface area contributed by atoms with Gasteiger partial charge in [-0.1, -0.05) is 25.4 Å². The summed E-state index contributed by atoms with van der Waals surface area (Å²) in [5, 5.41) is 4.25. The van der Waals surface area contributed by atoms with Gasteiger partial charge in [0, 0.05) is 18.2 Å². The second-order valence-corrected chi connectivity index (χ2v) is 6.68. The Bertz CT molecular complexity index is 477. The molecular weight excluding hydrogens is 262 g/mol. The minimum atomic E-state index is 0.284. The summed E-state index contributed by atoms with van der Waals surface area (Å²) in [5.74, 6) is 1.52. The number of hydrogen-bond acceptors (Lipinski definition) is 3. The number of halogens is 1. The van der Waals surface area contributed by atoms with Crippen LogP contribution in [0.25, 0.3) is 0 Å². The van der Waals surface area contributed by atoms with Crippen LogP contribution in [-0.4, -0.2) is 12.8 Å². The molecule has 0 bridgehead atoms. The zero-order valence-corrected chi connectivity index (χ0v) is 12.2. The van der Waals surface area contributed by atoms with Crippen LogP contribution < -0.4 is 14.8 Å². The predicted octanol–water partition coefficient (Wildman–Crippen LogP) is 4.45. The number of hydrogen-bond donors (Lipinski definition) is 1. The molecule has 0 unspecified atom stereocenters. The maximum absolute atomic E-state index is 6.29. The first-order valence-corrected chi connectivity index (χ1v) is 7.27. The number of rotatable bonds is 2. The summed E-state index contributed by atoms with van der Waals surface area (Å²) in [6, 6.07) is 4.29. The van der Waals surface area contributed by atoms with E-state index in [0.717, 1.165) is 17.2 Å². The van der Waals surface area contributed by atoms with E-state index in [-0.39, 0.29) is 6.79 Å². The third-order valence-corrected chi connectivity index (χ3v) is 4.47. The first-order chi connectivity index (χ1) is 9.03. The van der Waals surface area contributed by atoms with E-state index in [4.69, 9.17) is 21.1 Å². The molecule has 0 aromatic heterocycles. The maximum Gasteiger partial charge on any atom is 0.231 e. The van der Waals surface area contributed by atoms with E-state index < -0.39 is 0 Å². The van der Waals surface area contributed by atoms with Crippen molar-refractivity contribution >= 4 is 17.3 Å². The van der Waals surface area contributed by atoms with Crippen LogP contribution in [0, 0.1) is 5.41 Å². The van der Waals surface area contributed by atoms with Gasteiger partial charge in [0.25, 0.3) is 0 Å². The molecule has 1 fully saturated rings. The lowest BCUT2D eigenvalue weighted by atomic mass is 9.75. The van der Waals surface area contributed by atoms with Gasteiger partial charge < -0.3 is 14.8 Å². The average molecular weight is 282 g/mol. The van der Waals surface area contributed by atoms with Gasteiger partial charge in [0.1, 0.15) is 0 Å². The maximum atomic E-state index is 6.29. The van der Waals surface area contributed by atoms with Gasteiger partial charge in [-0.2, -0.15) is 0 Å². The average Bonchev–Trinajstić information content (AvgIpc) is 2.79. The molecule has 3 nitrogen and oxygen atoms in total. The van der Waals surface area contributed by atoms with Crippen molar-refractivity contribution in [2.45, 2.75) is 45.6 Å². The fourth-order valence-corrected chi connectivity index (χ4v) is 3.00. The molecule has 4 heteroatoms. The molecular formula is C15H20ClNO2. The Morgan fingerprint density at radius 3 is 2.47 bits per heavy atom. The Labute approximate surface area is 119 Å². The quantitative estimate of drug-likeness (QED) is 0.869. The lowest BCUT2D eigenvalue weighted by Gasteiger charge is -2.35. The molecule has 1 aliphatic heterocycles. The molecule has 1 aromatic rings. The van der Waals surface area contributed by atoms with Crippen molar-refractivity contribution in [2.24, 2.45) is 5.41 Å². The zero-order valence-electron chi connectivity index (χ0n) is 11.5. The predicted molar refractivity (Wildman–Crippen MR) is 77.2 cm³/mol. The van der Waals surface area contributed by atoms with E-state index in [0.29, 0.717) is 16.5 Å². The Balaban J connectivity index is 1.70. The minimum Gasteiger partial charge on any atom is -0.454 e. The minimum absolute atomic E-state index is 0.284. The molecule has 1 saturated carbocycles. The summed E-state index contributed by atoms with van der Waals surface area (Å²) < 4.78 is 10.7. The molecule has 2 aliphatic rings. The van der Waals surface area contributed by atoms with E-state index >= 15 is 0 Å². The molecule has 3 rings (SSSR count). The fraction of sp³-hybridized carbons (Fsp3) is 0.600. The molecule has 0 atom stereocenters. The normalized spacial score (nSPS) is 21.4. The summed E-state index contributed by atoms with van der Waals surface area (Å²) in [4.78, 5) is 0.